The topological polar surface area (TPSA) is 50.2 Å². The Morgan fingerprint density at radius 1 is 0.700 bits per heavy atom. The van der Waals surface area contributed by atoms with Crippen LogP contribution in [0.4, 0.5) is 0 Å². The van der Waals surface area contributed by atoms with Crippen LogP contribution in [0.2, 0.25) is 0 Å². The van der Waals surface area contributed by atoms with Gasteiger partial charge < -0.3 is 10.2 Å². The first-order valence-electron chi connectivity index (χ1n) is 7.93. The molecule has 0 amide bonds. The lowest BCUT2D eigenvalue weighted by molar-refractivity contribution is 0.102. The van der Waals surface area contributed by atoms with Crippen LogP contribution in [-0.4, -0.2) is 95.5 Å². The van der Waals surface area contributed by atoms with Gasteiger partial charge in [-0.05, 0) is 27.7 Å². The molecule has 1 aliphatic rings. The summed E-state index contributed by atoms with van der Waals surface area (Å²) < 4.78 is 0. The zero-order valence-corrected chi connectivity index (χ0v) is 13.6. The molecule has 0 aliphatic carbocycles. The van der Waals surface area contributed by atoms with E-state index in [1.54, 1.807) is 0 Å². The van der Waals surface area contributed by atoms with Crippen LogP contribution in [0.5, 0.6) is 0 Å². The lowest BCUT2D eigenvalue weighted by Gasteiger charge is -2.29. The first-order valence-corrected chi connectivity index (χ1v) is 7.93. The number of aliphatic hydroxyl groups excluding tert-OH is 2. The van der Waals surface area contributed by atoms with Crippen LogP contribution in [0, 0.1) is 0 Å². The molecule has 1 saturated heterocycles. The second kappa shape index (κ2) is 8.95. The van der Waals surface area contributed by atoms with Crippen molar-refractivity contribution in [1.82, 2.24) is 14.7 Å². The highest BCUT2D eigenvalue weighted by atomic mass is 16.3. The van der Waals surface area contributed by atoms with Gasteiger partial charge in [0.05, 0.1) is 12.2 Å². The molecule has 2 atom stereocenters. The summed E-state index contributed by atoms with van der Waals surface area (Å²) in [4.78, 5) is 7.15. The average Bonchev–Trinajstić information content (AvgIpc) is 2.40. The first kappa shape index (κ1) is 17.9. The van der Waals surface area contributed by atoms with Gasteiger partial charge in [0.2, 0.25) is 0 Å². The van der Waals surface area contributed by atoms with Gasteiger partial charge >= 0.3 is 0 Å². The van der Waals surface area contributed by atoms with E-state index in [0.717, 1.165) is 52.4 Å². The number of rotatable bonds is 5. The van der Waals surface area contributed by atoms with Gasteiger partial charge in [-0.25, -0.2) is 0 Å². The number of nitrogens with zero attached hydrogens (tertiary/aromatic N) is 3. The Morgan fingerprint density at radius 2 is 1.05 bits per heavy atom. The van der Waals surface area contributed by atoms with Gasteiger partial charge in [-0.1, -0.05) is 0 Å². The van der Waals surface area contributed by atoms with Crippen molar-refractivity contribution in [2.45, 2.75) is 45.9 Å². The number of aliphatic hydroxyl groups is 2. The van der Waals surface area contributed by atoms with E-state index in [2.05, 4.69) is 28.5 Å². The van der Waals surface area contributed by atoms with Crippen LogP contribution in [0.25, 0.3) is 0 Å². The molecule has 0 aromatic rings. The van der Waals surface area contributed by atoms with Crippen molar-refractivity contribution < 1.29 is 10.2 Å². The highest BCUT2D eigenvalue weighted by Gasteiger charge is 2.19. The monoisotopic (exact) mass is 287 g/mol. The molecule has 0 radical (unpaired) electrons. The fourth-order valence-electron chi connectivity index (χ4n) is 2.79. The normalized spacial score (nSPS) is 24.1. The molecule has 0 spiro atoms. The van der Waals surface area contributed by atoms with Gasteiger partial charge in [-0.15, -0.1) is 0 Å². The molecule has 1 fully saturated rings. The molecule has 5 nitrogen and oxygen atoms in total. The number of β-amino-alcohol motifs (C(OH)–C–C–N with tert-alkyl or cyclic N) is 2. The second-order valence-corrected chi connectivity index (χ2v) is 6.43. The average molecular weight is 287 g/mol. The molecule has 0 aromatic carbocycles. The lowest BCUT2D eigenvalue weighted by atomic mass is 10.3. The molecule has 1 rings (SSSR count). The largest absolute Gasteiger partial charge is 0.392 e. The molecule has 0 saturated carbocycles. The Kier molecular flexibility index (Phi) is 7.99. The summed E-state index contributed by atoms with van der Waals surface area (Å²) in [5.41, 5.74) is 0. The molecule has 20 heavy (non-hydrogen) atoms. The summed E-state index contributed by atoms with van der Waals surface area (Å²) in [6.07, 6.45) is -0.568. The highest BCUT2D eigenvalue weighted by molar-refractivity contribution is 4.75. The molecule has 1 aliphatic heterocycles. The summed E-state index contributed by atoms with van der Waals surface area (Å²) in [6, 6.07) is 0.537. The third-order valence-electron chi connectivity index (χ3n) is 3.91. The van der Waals surface area contributed by atoms with E-state index in [9.17, 15) is 10.2 Å². The zero-order chi connectivity index (χ0) is 15.1. The van der Waals surface area contributed by atoms with Gasteiger partial charge in [-0.3, -0.25) is 14.7 Å². The first-order chi connectivity index (χ1) is 9.38. The zero-order valence-electron chi connectivity index (χ0n) is 13.6. The molecule has 5 heteroatoms. The van der Waals surface area contributed by atoms with Crippen molar-refractivity contribution in [2.24, 2.45) is 0 Å². The molecular weight excluding hydrogens is 254 g/mol. The highest BCUT2D eigenvalue weighted by Crippen LogP contribution is 2.05. The molecule has 120 valence electrons. The van der Waals surface area contributed by atoms with E-state index in [1.807, 2.05) is 13.8 Å². The van der Waals surface area contributed by atoms with E-state index >= 15 is 0 Å². The van der Waals surface area contributed by atoms with E-state index in [-0.39, 0.29) is 12.2 Å². The van der Waals surface area contributed by atoms with Crippen LogP contribution in [0.1, 0.15) is 27.7 Å². The Hall–Kier alpha value is -0.200. The standard InChI is InChI=1S/C15H33N3O2/c1-13(2)18-9-7-16(11-14(3)19)5-6-17(8-10-18)12-15(4)20/h13-15,19-20H,5-12H2,1-4H3/t14-,15-/m0/s1. The quantitative estimate of drug-likeness (QED) is 0.750. The molecule has 1 heterocycles. The molecular formula is C15H33N3O2. The van der Waals surface area contributed by atoms with Gasteiger partial charge in [0.15, 0.2) is 0 Å². The number of hydrogen-bond donors (Lipinski definition) is 2. The SMILES string of the molecule is CC(C)N1CCN(C[C@H](C)O)CCN(C[C@H](C)O)CC1. The third-order valence-corrected chi connectivity index (χ3v) is 3.91. The van der Waals surface area contributed by atoms with Crippen molar-refractivity contribution in [3.8, 4) is 0 Å². The van der Waals surface area contributed by atoms with Gasteiger partial charge in [-0.2, -0.15) is 0 Å². The van der Waals surface area contributed by atoms with Crippen molar-refractivity contribution in [3.05, 3.63) is 0 Å². The van der Waals surface area contributed by atoms with Crippen LogP contribution >= 0.6 is 0 Å². The second-order valence-electron chi connectivity index (χ2n) is 6.43. The maximum Gasteiger partial charge on any atom is 0.0639 e. The van der Waals surface area contributed by atoms with Crippen molar-refractivity contribution in [3.63, 3.8) is 0 Å². The lowest BCUT2D eigenvalue weighted by Crippen LogP contribution is -2.41. The Bertz CT molecular complexity index is 238. The maximum absolute atomic E-state index is 9.61. The van der Waals surface area contributed by atoms with Crippen LogP contribution in [0.15, 0.2) is 0 Å². The predicted molar refractivity (Wildman–Crippen MR) is 83.0 cm³/mol. The molecule has 0 unspecified atom stereocenters. The minimum absolute atomic E-state index is 0.284. The minimum Gasteiger partial charge on any atom is -0.392 e. The van der Waals surface area contributed by atoms with E-state index < -0.39 is 0 Å². The summed E-state index contributed by atoms with van der Waals surface area (Å²) in [6.45, 7) is 15.7. The maximum atomic E-state index is 9.61. The summed E-state index contributed by atoms with van der Waals surface area (Å²) in [7, 11) is 0. The fourth-order valence-corrected chi connectivity index (χ4v) is 2.79. The number of hydrogen-bond acceptors (Lipinski definition) is 5. The fraction of sp³-hybridized carbons (Fsp3) is 1.00. The summed E-state index contributed by atoms with van der Waals surface area (Å²) in [5.74, 6) is 0. The smallest absolute Gasteiger partial charge is 0.0639 e. The van der Waals surface area contributed by atoms with Gasteiger partial charge in [0, 0.05) is 58.4 Å². The molecule has 2 N–H and O–H groups in total. The van der Waals surface area contributed by atoms with Crippen LogP contribution in [-0.2, 0) is 0 Å². The van der Waals surface area contributed by atoms with Gasteiger partial charge in [0.1, 0.15) is 0 Å². The van der Waals surface area contributed by atoms with Gasteiger partial charge in [0.25, 0.3) is 0 Å². The molecule has 0 aromatic heterocycles. The summed E-state index contributed by atoms with van der Waals surface area (Å²) >= 11 is 0. The molecule has 0 bridgehead atoms. The minimum atomic E-state index is -0.284. The van der Waals surface area contributed by atoms with E-state index in [0.29, 0.717) is 6.04 Å². The Labute approximate surface area is 124 Å². The van der Waals surface area contributed by atoms with Crippen molar-refractivity contribution >= 4 is 0 Å². The predicted octanol–water partition coefficient (Wildman–Crippen LogP) is 0.0760. The third kappa shape index (κ3) is 6.99. The Morgan fingerprint density at radius 3 is 1.35 bits per heavy atom. The van der Waals surface area contributed by atoms with Crippen LogP contribution < -0.4 is 0 Å². The van der Waals surface area contributed by atoms with Crippen molar-refractivity contribution in [2.75, 3.05) is 52.4 Å². The summed E-state index contributed by atoms with van der Waals surface area (Å²) in [5, 5.41) is 19.2. The van der Waals surface area contributed by atoms with Crippen LogP contribution in [0.3, 0.4) is 0 Å². The van der Waals surface area contributed by atoms with Crippen molar-refractivity contribution in [1.29, 1.82) is 0 Å². The van der Waals surface area contributed by atoms with E-state index in [4.69, 9.17) is 0 Å². The Balaban J connectivity index is 2.63. The van der Waals surface area contributed by atoms with E-state index in [1.165, 1.54) is 0 Å².